The second kappa shape index (κ2) is 9.68. The number of hydrogen-bond donors (Lipinski definition) is 1. The van der Waals surface area contributed by atoms with Crippen LogP contribution in [0.25, 0.3) is 20.2 Å². The Kier molecular flexibility index (Phi) is 6.48. The van der Waals surface area contributed by atoms with Crippen LogP contribution in [0.3, 0.4) is 0 Å². The van der Waals surface area contributed by atoms with E-state index in [4.69, 9.17) is 0 Å². The second-order valence-electron chi connectivity index (χ2n) is 9.11. The van der Waals surface area contributed by atoms with Crippen molar-refractivity contribution in [3.8, 4) is 0 Å². The zero-order chi connectivity index (χ0) is 23.7. The number of benzene rings is 2. The minimum absolute atomic E-state index is 0.114. The number of hydrogen-bond acceptors (Lipinski definition) is 5. The van der Waals surface area contributed by atoms with Gasteiger partial charge in [-0.05, 0) is 37.8 Å². The fraction of sp³-hybridized carbons (Fsp3) is 0.370. The molecule has 3 heterocycles. The van der Waals surface area contributed by atoms with Crippen LogP contribution in [-0.2, 0) is 11.3 Å². The van der Waals surface area contributed by atoms with Crippen LogP contribution in [0.1, 0.15) is 43.5 Å². The number of fused-ring (bicyclic) bond motifs is 3. The summed E-state index contributed by atoms with van der Waals surface area (Å²) in [5.41, 5.74) is 1.92. The highest BCUT2D eigenvalue weighted by Crippen LogP contribution is 2.33. The fourth-order valence-corrected chi connectivity index (χ4v) is 6.07. The summed E-state index contributed by atoms with van der Waals surface area (Å²) in [4.78, 5) is 29.2. The van der Waals surface area contributed by atoms with E-state index < -0.39 is 6.04 Å². The lowest BCUT2D eigenvalue weighted by Crippen LogP contribution is -2.47. The topological polar surface area (TPSA) is 67.2 Å². The first-order valence-corrected chi connectivity index (χ1v) is 12.8. The summed E-state index contributed by atoms with van der Waals surface area (Å²) >= 11 is 1.59. The Bertz CT molecular complexity index is 1370. The second-order valence-corrected chi connectivity index (χ2v) is 10.2. The van der Waals surface area contributed by atoms with Gasteiger partial charge in [-0.3, -0.25) is 14.5 Å². The molecule has 0 radical (unpaired) electrons. The van der Waals surface area contributed by atoms with Gasteiger partial charge in [-0.1, -0.05) is 55.5 Å². The molecule has 1 unspecified atom stereocenters. The number of carbonyl (C=O) groups is 1. The molecule has 5 rings (SSSR count). The molecule has 1 aliphatic heterocycles. The third-order valence-electron chi connectivity index (χ3n) is 6.77. The molecule has 34 heavy (non-hydrogen) atoms. The van der Waals surface area contributed by atoms with Crippen molar-refractivity contribution in [1.29, 1.82) is 0 Å². The quantitative estimate of drug-likeness (QED) is 0.442. The number of aromatic nitrogens is 2. The molecule has 1 amide bonds. The van der Waals surface area contributed by atoms with Gasteiger partial charge >= 0.3 is 0 Å². The van der Waals surface area contributed by atoms with E-state index in [9.17, 15) is 9.59 Å². The van der Waals surface area contributed by atoms with Crippen molar-refractivity contribution >= 4 is 37.4 Å². The third-order valence-corrected chi connectivity index (χ3v) is 8.05. The largest absolute Gasteiger partial charge is 0.351 e. The first-order chi connectivity index (χ1) is 16.5. The van der Waals surface area contributed by atoms with Crippen LogP contribution >= 0.6 is 11.3 Å². The number of nitrogens with zero attached hydrogens (tertiary/aromatic N) is 3. The van der Waals surface area contributed by atoms with Gasteiger partial charge in [0.05, 0.1) is 15.8 Å². The number of rotatable bonds is 6. The summed E-state index contributed by atoms with van der Waals surface area (Å²) < 4.78 is 3.39. The molecule has 4 aromatic rings. The maximum Gasteiger partial charge on any atom is 0.276 e. The fourth-order valence-electron chi connectivity index (χ4n) is 4.93. The molecule has 7 heteroatoms. The van der Waals surface area contributed by atoms with Crippen molar-refractivity contribution in [3.63, 3.8) is 0 Å². The zero-order valence-corrected chi connectivity index (χ0v) is 20.5. The molecule has 0 saturated carbocycles. The van der Waals surface area contributed by atoms with Gasteiger partial charge < -0.3 is 5.32 Å². The number of amides is 1. The Morgan fingerprint density at radius 1 is 1.12 bits per heavy atom. The van der Waals surface area contributed by atoms with Crippen molar-refractivity contribution in [2.45, 2.75) is 51.7 Å². The molecule has 1 atom stereocenters. The van der Waals surface area contributed by atoms with Crippen LogP contribution in [0, 0.1) is 6.92 Å². The third kappa shape index (κ3) is 4.38. The predicted octanol–water partition coefficient (Wildman–Crippen LogP) is 4.65. The summed E-state index contributed by atoms with van der Waals surface area (Å²) in [6.45, 7) is 6.68. The SMILES string of the molecule is CCC(C(=O)NC1CCN(Cc2ccccc2)CC1)n1nc(C)c2sc3ccccc3c2c1=O. The Balaban J connectivity index is 1.32. The summed E-state index contributed by atoms with van der Waals surface area (Å²) in [7, 11) is 0. The lowest BCUT2D eigenvalue weighted by Gasteiger charge is -2.33. The van der Waals surface area contributed by atoms with Gasteiger partial charge in [-0.15, -0.1) is 11.3 Å². The van der Waals surface area contributed by atoms with E-state index in [1.54, 1.807) is 11.3 Å². The van der Waals surface area contributed by atoms with Crippen molar-refractivity contribution in [3.05, 3.63) is 76.2 Å². The number of aryl methyl sites for hydroxylation is 1. The smallest absolute Gasteiger partial charge is 0.276 e. The summed E-state index contributed by atoms with van der Waals surface area (Å²) in [6, 6.07) is 17.9. The van der Waals surface area contributed by atoms with Gasteiger partial charge in [0.25, 0.3) is 5.56 Å². The molecule has 1 N–H and O–H groups in total. The van der Waals surface area contributed by atoms with Crippen LogP contribution in [-0.4, -0.2) is 39.7 Å². The van der Waals surface area contributed by atoms with Crippen LogP contribution in [0.15, 0.2) is 59.4 Å². The molecule has 1 aliphatic rings. The summed E-state index contributed by atoms with van der Waals surface area (Å²) in [5.74, 6) is -0.114. The predicted molar refractivity (Wildman–Crippen MR) is 138 cm³/mol. The standard InChI is InChI=1S/C27H30N4O2S/c1-3-22(26(32)28-20-13-15-30(16-14-20)17-19-9-5-4-6-10-19)31-27(33)24-21-11-7-8-12-23(21)34-25(24)18(2)29-31/h4-12,20,22H,3,13-17H2,1-2H3,(H,28,32). The van der Waals surface area contributed by atoms with E-state index in [0.29, 0.717) is 11.8 Å². The lowest BCUT2D eigenvalue weighted by atomic mass is 10.0. The van der Waals surface area contributed by atoms with Crippen LogP contribution in [0.5, 0.6) is 0 Å². The van der Waals surface area contributed by atoms with Gasteiger partial charge in [0.15, 0.2) is 0 Å². The number of carbonyl (C=O) groups excluding carboxylic acids is 1. The molecule has 0 aliphatic carbocycles. The number of likely N-dealkylation sites (tertiary alicyclic amines) is 1. The van der Waals surface area contributed by atoms with Crippen molar-refractivity contribution in [2.24, 2.45) is 0 Å². The van der Waals surface area contributed by atoms with Gasteiger partial charge in [0, 0.05) is 35.8 Å². The normalized spacial score (nSPS) is 16.2. The Morgan fingerprint density at radius 2 is 1.82 bits per heavy atom. The monoisotopic (exact) mass is 474 g/mol. The summed E-state index contributed by atoms with van der Waals surface area (Å²) in [6.07, 6.45) is 2.33. The zero-order valence-electron chi connectivity index (χ0n) is 19.7. The van der Waals surface area contributed by atoms with E-state index in [1.165, 1.54) is 10.2 Å². The first kappa shape index (κ1) is 22.7. The Morgan fingerprint density at radius 3 is 2.56 bits per heavy atom. The Labute approximate surface area is 203 Å². The molecular weight excluding hydrogens is 444 g/mol. The molecule has 0 spiro atoms. The molecule has 2 aromatic heterocycles. The van der Waals surface area contributed by atoms with Gasteiger partial charge in [0.1, 0.15) is 6.04 Å². The van der Waals surface area contributed by atoms with E-state index in [0.717, 1.165) is 53.0 Å². The molecule has 1 fully saturated rings. The van der Waals surface area contributed by atoms with Crippen LogP contribution < -0.4 is 10.9 Å². The average molecular weight is 475 g/mol. The van der Waals surface area contributed by atoms with Gasteiger partial charge in [0.2, 0.25) is 5.91 Å². The molecule has 1 saturated heterocycles. The van der Waals surface area contributed by atoms with Crippen molar-refractivity contribution < 1.29 is 4.79 Å². The molecular formula is C27H30N4O2S. The maximum atomic E-state index is 13.5. The number of piperidine rings is 1. The van der Waals surface area contributed by atoms with Gasteiger partial charge in [-0.2, -0.15) is 5.10 Å². The van der Waals surface area contributed by atoms with Crippen molar-refractivity contribution in [2.75, 3.05) is 13.1 Å². The number of thiophene rings is 1. The summed E-state index contributed by atoms with van der Waals surface area (Å²) in [5, 5.41) is 9.41. The van der Waals surface area contributed by atoms with E-state index >= 15 is 0 Å². The van der Waals surface area contributed by atoms with Gasteiger partial charge in [-0.25, -0.2) is 4.68 Å². The molecule has 2 aromatic carbocycles. The molecule has 0 bridgehead atoms. The van der Waals surface area contributed by atoms with Crippen LogP contribution in [0.4, 0.5) is 0 Å². The van der Waals surface area contributed by atoms with E-state index in [2.05, 4.69) is 39.6 Å². The highest BCUT2D eigenvalue weighted by Gasteiger charge is 2.27. The minimum atomic E-state index is -0.614. The average Bonchev–Trinajstić information content (AvgIpc) is 3.25. The first-order valence-electron chi connectivity index (χ1n) is 12.0. The molecule has 176 valence electrons. The lowest BCUT2D eigenvalue weighted by molar-refractivity contribution is -0.125. The van der Waals surface area contributed by atoms with E-state index in [1.807, 2.05) is 44.2 Å². The number of nitrogens with one attached hydrogen (secondary N) is 1. The highest BCUT2D eigenvalue weighted by molar-refractivity contribution is 7.26. The van der Waals surface area contributed by atoms with Crippen LogP contribution in [0.2, 0.25) is 0 Å². The van der Waals surface area contributed by atoms with Crippen molar-refractivity contribution in [1.82, 2.24) is 20.0 Å². The highest BCUT2D eigenvalue weighted by atomic mass is 32.1. The van der Waals surface area contributed by atoms with E-state index in [-0.39, 0.29) is 17.5 Å². The Hall–Kier alpha value is -3.03. The maximum absolute atomic E-state index is 13.5. The minimum Gasteiger partial charge on any atom is -0.351 e. The molecule has 6 nitrogen and oxygen atoms in total.